The van der Waals surface area contributed by atoms with Crippen LogP contribution in [0.1, 0.15) is 69.8 Å². The molecule has 0 unspecified atom stereocenters. The minimum Gasteiger partial charge on any atom is -0.497 e. The minimum atomic E-state index is -1.45. The number of carbonyl (C=O) groups is 2. The summed E-state index contributed by atoms with van der Waals surface area (Å²) in [6.07, 6.45) is 11.4. The fourth-order valence-electron chi connectivity index (χ4n) is 4.80. The number of nitrogens with two attached hydrogens (primary N) is 1. The molecular formula is C25H38N2O3S. The third kappa shape index (κ3) is 6.72. The first-order valence-corrected chi connectivity index (χ1v) is 13.0. The van der Waals surface area contributed by atoms with Crippen molar-refractivity contribution in [3.05, 3.63) is 29.8 Å². The standard InChI is InChI=1S/C25H38N2O3S/c1-30-22-14-12-19(13-15-22)16-27-24(29)25(26,23(28)21-10-6-3-7-11-21)18-31-17-20-8-4-2-5-9-20/h12-15,20-21H,2-11,16-18,26H2,1H3,(H,27,29)/t25-/m1/s1. The number of carbonyl (C=O) groups excluding carboxylic acids is 2. The molecule has 3 N–H and O–H groups in total. The predicted octanol–water partition coefficient (Wildman–Crippen LogP) is 4.47. The van der Waals surface area contributed by atoms with Gasteiger partial charge in [0.05, 0.1) is 7.11 Å². The Balaban J connectivity index is 1.63. The number of benzene rings is 1. The quantitative estimate of drug-likeness (QED) is 0.518. The van der Waals surface area contributed by atoms with Gasteiger partial charge in [-0.05, 0) is 55.1 Å². The van der Waals surface area contributed by atoms with Crippen LogP contribution in [0, 0.1) is 11.8 Å². The molecule has 5 nitrogen and oxygen atoms in total. The summed E-state index contributed by atoms with van der Waals surface area (Å²) in [7, 11) is 1.63. The number of hydrogen-bond acceptors (Lipinski definition) is 5. The second kappa shape index (κ2) is 11.9. The molecule has 0 spiro atoms. The van der Waals surface area contributed by atoms with Gasteiger partial charge in [0, 0.05) is 18.2 Å². The fourth-order valence-corrected chi connectivity index (χ4v) is 6.18. The van der Waals surface area contributed by atoms with Crippen molar-refractivity contribution >= 4 is 23.5 Å². The Hall–Kier alpha value is -1.53. The molecule has 0 aromatic heterocycles. The molecule has 0 saturated heterocycles. The Kier molecular flexibility index (Phi) is 9.27. The first-order chi connectivity index (χ1) is 15.0. The van der Waals surface area contributed by atoms with Gasteiger partial charge < -0.3 is 15.8 Å². The molecule has 0 aliphatic heterocycles. The van der Waals surface area contributed by atoms with Crippen molar-refractivity contribution in [2.45, 2.75) is 76.3 Å². The molecule has 31 heavy (non-hydrogen) atoms. The molecule has 6 heteroatoms. The van der Waals surface area contributed by atoms with Crippen LogP contribution in [0.5, 0.6) is 5.75 Å². The van der Waals surface area contributed by atoms with Crippen LogP contribution in [0.25, 0.3) is 0 Å². The van der Waals surface area contributed by atoms with Gasteiger partial charge >= 0.3 is 0 Å². The average Bonchev–Trinajstić information content (AvgIpc) is 2.83. The maximum Gasteiger partial charge on any atom is 0.248 e. The molecule has 0 radical (unpaired) electrons. The van der Waals surface area contributed by atoms with Gasteiger partial charge in [-0.2, -0.15) is 11.8 Å². The monoisotopic (exact) mass is 446 g/mol. The van der Waals surface area contributed by atoms with Crippen molar-refractivity contribution in [3.63, 3.8) is 0 Å². The summed E-state index contributed by atoms with van der Waals surface area (Å²) in [5, 5.41) is 2.95. The molecule has 0 bridgehead atoms. The number of rotatable bonds is 10. The third-order valence-corrected chi connectivity index (χ3v) is 8.21. The molecule has 2 fully saturated rings. The number of thioether (sulfide) groups is 1. The topological polar surface area (TPSA) is 81.4 Å². The van der Waals surface area contributed by atoms with E-state index >= 15 is 0 Å². The summed E-state index contributed by atoms with van der Waals surface area (Å²) < 4.78 is 5.19. The summed E-state index contributed by atoms with van der Waals surface area (Å²) in [6.45, 7) is 0.354. The Morgan fingerprint density at radius 2 is 1.65 bits per heavy atom. The van der Waals surface area contributed by atoms with Crippen LogP contribution in [-0.2, 0) is 16.1 Å². The maximum atomic E-state index is 13.4. The van der Waals surface area contributed by atoms with E-state index < -0.39 is 5.54 Å². The highest BCUT2D eigenvalue weighted by atomic mass is 32.2. The van der Waals surface area contributed by atoms with E-state index in [-0.39, 0.29) is 17.6 Å². The van der Waals surface area contributed by atoms with E-state index in [2.05, 4.69) is 5.32 Å². The highest BCUT2D eigenvalue weighted by Gasteiger charge is 2.45. The lowest BCUT2D eigenvalue weighted by molar-refractivity contribution is -0.137. The number of amides is 1. The molecule has 1 amide bonds. The zero-order chi connectivity index (χ0) is 22.1. The third-order valence-electron chi connectivity index (χ3n) is 6.84. The van der Waals surface area contributed by atoms with Gasteiger partial charge in [-0.15, -0.1) is 0 Å². The van der Waals surface area contributed by atoms with Gasteiger partial charge in [-0.1, -0.05) is 50.7 Å². The molecule has 3 rings (SSSR count). The van der Waals surface area contributed by atoms with Gasteiger partial charge in [0.15, 0.2) is 11.3 Å². The van der Waals surface area contributed by atoms with Crippen molar-refractivity contribution in [1.82, 2.24) is 5.32 Å². The first kappa shape index (κ1) is 24.1. The summed E-state index contributed by atoms with van der Waals surface area (Å²) in [4.78, 5) is 26.7. The number of methoxy groups -OCH3 is 1. The lowest BCUT2D eigenvalue weighted by Gasteiger charge is -2.32. The summed E-state index contributed by atoms with van der Waals surface area (Å²) in [6, 6.07) is 7.56. The number of nitrogens with one attached hydrogen (secondary N) is 1. The predicted molar refractivity (Wildman–Crippen MR) is 127 cm³/mol. The molecule has 1 atom stereocenters. The highest BCUT2D eigenvalue weighted by molar-refractivity contribution is 7.99. The van der Waals surface area contributed by atoms with Crippen LogP contribution in [0.3, 0.4) is 0 Å². The van der Waals surface area contributed by atoms with Crippen LogP contribution >= 0.6 is 11.8 Å². The second-order valence-electron chi connectivity index (χ2n) is 9.22. The van der Waals surface area contributed by atoms with E-state index in [1.807, 2.05) is 24.3 Å². The van der Waals surface area contributed by atoms with Crippen LogP contribution in [-0.4, -0.2) is 35.8 Å². The Labute approximate surface area is 191 Å². The molecule has 2 aliphatic carbocycles. The molecule has 2 aliphatic rings. The van der Waals surface area contributed by atoms with E-state index in [9.17, 15) is 9.59 Å². The Morgan fingerprint density at radius 1 is 1.03 bits per heavy atom. The molecule has 2 saturated carbocycles. The van der Waals surface area contributed by atoms with Crippen molar-refractivity contribution in [1.29, 1.82) is 0 Å². The zero-order valence-corrected chi connectivity index (χ0v) is 19.7. The maximum absolute atomic E-state index is 13.4. The van der Waals surface area contributed by atoms with E-state index in [0.717, 1.165) is 42.7 Å². The largest absolute Gasteiger partial charge is 0.497 e. The van der Waals surface area contributed by atoms with Gasteiger partial charge in [0.25, 0.3) is 0 Å². The van der Waals surface area contributed by atoms with Crippen molar-refractivity contribution in [2.75, 3.05) is 18.6 Å². The van der Waals surface area contributed by atoms with Gasteiger partial charge in [-0.25, -0.2) is 0 Å². The van der Waals surface area contributed by atoms with Crippen LogP contribution < -0.4 is 15.8 Å². The van der Waals surface area contributed by atoms with Crippen molar-refractivity contribution in [3.8, 4) is 5.75 Å². The second-order valence-corrected chi connectivity index (χ2v) is 10.3. The molecule has 172 valence electrons. The Morgan fingerprint density at radius 3 is 2.26 bits per heavy atom. The van der Waals surface area contributed by atoms with E-state index in [1.165, 1.54) is 38.5 Å². The molecule has 0 heterocycles. The highest BCUT2D eigenvalue weighted by Crippen LogP contribution is 2.31. The van der Waals surface area contributed by atoms with E-state index in [0.29, 0.717) is 18.2 Å². The Bertz CT molecular complexity index is 712. The first-order valence-electron chi connectivity index (χ1n) is 11.8. The number of ketones is 1. The van der Waals surface area contributed by atoms with E-state index in [1.54, 1.807) is 18.9 Å². The normalized spacial score (nSPS) is 20.1. The fraction of sp³-hybridized carbons (Fsp3) is 0.680. The molecule has 1 aromatic rings. The number of Topliss-reactive ketones (excluding diaryl/α,β-unsaturated/α-hetero) is 1. The van der Waals surface area contributed by atoms with Gasteiger partial charge in [0.2, 0.25) is 5.91 Å². The summed E-state index contributed by atoms with van der Waals surface area (Å²) in [5.74, 6) is 2.34. The summed E-state index contributed by atoms with van der Waals surface area (Å²) >= 11 is 1.69. The van der Waals surface area contributed by atoms with Crippen molar-refractivity contribution < 1.29 is 14.3 Å². The lowest BCUT2D eigenvalue weighted by atomic mass is 9.78. The van der Waals surface area contributed by atoms with Crippen molar-refractivity contribution in [2.24, 2.45) is 17.6 Å². The van der Waals surface area contributed by atoms with Crippen LogP contribution in [0.4, 0.5) is 0 Å². The lowest BCUT2D eigenvalue weighted by Crippen LogP contribution is -2.63. The SMILES string of the molecule is COc1ccc(CNC(=O)[C@@](N)(CSCC2CCCCC2)C(=O)C2CCCCC2)cc1. The average molecular weight is 447 g/mol. The zero-order valence-electron chi connectivity index (χ0n) is 18.9. The molecular weight excluding hydrogens is 408 g/mol. The number of ether oxygens (including phenoxy) is 1. The van der Waals surface area contributed by atoms with E-state index in [4.69, 9.17) is 10.5 Å². The minimum absolute atomic E-state index is 0.0597. The molecule has 1 aromatic carbocycles. The van der Waals surface area contributed by atoms with Gasteiger partial charge in [-0.3, -0.25) is 9.59 Å². The van der Waals surface area contributed by atoms with Crippen LogP contribution in [0.15, 0.2) is 24.3 Å². The smallest absolute Gasteiger partial charge is 0.248 e. The van der Waals surface area contributed by atoms with Gasteiger partial charge in [0.1, 0.15) is 5.75 Å². The number of hydrogen-bond donors (Lipinski definition) is 2. The summed E-state index contributed by atoms with van der Waals surface area (Å²) in [5.41, 5.74) is 6.14. The van der Waals surface area contributed by atoms with Crippen LogP contribution in [0.2, 0.25) is 0 Å².